The van der Waals surface area contributed by atoms with Crippen molar-refractivity contribution in [3.05, 3.63) is 52.6 Å². The minimum Gasteiger partial charge on any atom is -0.366 e. The van der Waals surface area contributed by atoms with E-state index in [1.165, 1.54) is 32.6 Å². The van der Waals surface area contributed by atoms with Gasteiger partial charge in [-0.2, -0.15) is 0 Å². The summed E-state index contributed by atoms with van der Waals surface area (Å²) in [4.78, 5) is 12.4. The van der Waals surface area contributed by atoms with Gasteiger partial charge >= 0.3 is 0 Å². The second-order valence-corrected chi connectivity index (χ2v) is 23.5. The van der Waals surface area contributed by atoms with Gasteiger partial charge in [-0.3, -0.25) is 4.79 Å². The SMILES string of the molecule is Cc1c2cc(C(N)=O)c(-c3cccc4c3C=CC4)c1[Si](C)(C)[Si]2(C)C. The third-order valence-corrected chi connectivity index (χ3v) is 24.6. The number of rotatable bonds is 2. The average Bonchev–Trinajstić information content (AvgIpc) is 3.03. The topological polar surface area (TPSA) is 43.1 Å². The summed E-state index contributed by atoms with van der Waals surface area (Å²) in [6.45, 7) is 12.2. The third kappa shape index (κ3) is 1.98. The van der Waals surface area contributed by atoms with Gasteiger partial charge in [-0.15, -0.1) is 0 Å². The highest BCUT2D eigenvalue weighted by Crippen LogP contribution is 2.38. The second-order valence-electron chi connectivity index (χ2n) is 8.45. The van der Waals surface area contributed by atoms with Gasteiger partial charge < -0.3 is 5.73 Å². The van der Waals surface area contributed by atoms with E-state index >= 15 is 0 Å². The molecule has 1 aliphatic carbocycles. The molecule has 25 heavy (non-hydrogen) atoms. The van der Waals surface area contributed by atoms with E-state index in [1.807, 2.05) is 0 Å². The first kappa shape index (κ1) is 16.5. The summed E-state index contributed by atoms with van der Waals surface area (Å²) in [5.74, 6) is -0.298. The molecule has 2 aromatic carbocycles. The molecule has 0 spiro atoms. The Balaban J connectivity index is 2.15. The fraction of sp³-hybridized carbons (Fsp3) is 0.286. The first-order valence-corrected chi connectivity index (χ1v) is 15.9. The van der Waals surface area contributed by atoms with Gasteiger partial charge in [0.2, 0.25) is 5.91 Å². The molecule has 0 unspecified atom stereocenters. The quantitative estimate of drug-likeness (QED) is 0.818. The fourth-order valence-corrected chi connectivity index (χ4v) is 15.4. The van der Waals surface area contributed by atoms with E-state index in [-0.39, 0.29) is 5.91 Å². The molecule has 4 heteroatoms. The Hall–Kier alpha value is -1.92. The molecule has 0 atom stereocenters. The molecule has 2 aliphatic rings. The van der Waals surface area contributed by atoms with E-state index in [0.29, 0.717) is 0 Å². The number of fused-ring (bicyclic) bond motifs is 3. The summed E-state index contributed by atoms with van der Waals surface area (Å²) in [5, 5.41) is 2.92. The van der Waals surface area contributed by atoms with Gasteiger partial charge in [0.15, 0.2) is 0 Å². The van der Waals surface area contributed by atoms with E-state index in [2.05, 4.69) is 69.5 Å². The number of nitrogens with two attached hydrogens (primary N) is 1. The molecule has 0 saturated heterocycles. The van der Waals surface area contributed by atoms with Crippen molar-refractivity contribution in [2.24, 2.45) is 5.73 Å². The van der Waals surface area contributed by atoms with E-state index in [1.54, 1.807) is 0 Å². The van der Waals surface area contributed by atoms with Crippen LogP contribution in [0.25, 0.3) is 17.2 Å². The number of benzene rings is 2. The molecule has 0 saturated carbocycles. The summed E-state index contributed by atoms with van der Waals surface area (Å²) in [7, 11) is -3.26. The highest BCUT2D eigenvalue weighted by molar-refractivity contribution is 7.52. The zero-order valence-corrected chi connectivity index (χ0v) is 17.7. The van der Waals surface area contributed by atoms with Gasteiger partial charge in [-0.1, -0.05) is 72.5 Å². The van der Waals surface area contributed by atoms with Crippen molar-refractivity contribution < 1.29 is 4.79 Å². The Labute approximate surface area is 151 Å². The monoisotopic (exact) mass is 363 g/mol. The molecular weight excluding hydrogens is 338 g/mol. The van der Waals surface area contributed by atoms with Crippen molar-refractivity contribution >= 4 is 37.5 Å². The molecule has 1 amide bonds. The molecule has 1 aliphatic heterocycles. The number of amides is 1. The Morgan fingerprint density at radius 1 is 1.12 bits per heavy atom. The Morgan fingerprint density at radius 3 is 2.52 bits per heavy atom. The van der Waals surface area contributed by atoms with Crippen LogP contribution in [0.4, 0.5) is 0 Å². The number of primary amides is 1. The lowest BCUT2D eigenvalue weighted by molar-refractivity contribution is 0.100. The summed E-state index contributed by atoms with van der Waals surface area (Å²) in [6, 6.07) is 8.62. The lowest BCUT2D eigenvalue weighted by Crippen LogP contribution is -2.63. The minimum atomic E-state index is -1.67. The van der Waals surface area contributed by atoms with Gasteiger partial charge in [0.1, 0.15) is 0 Å². The number of allylic oxidation sites excluding steroid dienone is 1. The summed E-state index contributed by atoms with van der Waals surface area (Å²) in [6.07, 6.45) is 5.39. The Kier molecular flexibility index (Phi) is 3.34. The first-order chi connectivity index (χ1) is 11.7. The molecule has 2 aromatic rings. The number of carbonyl (C=O) groups is 1. The number of hydrogen-bond donors (Lipinski definition) is 1. The zero-order valence-electron chi connectivity index (χ0n) is 15.7. The van der Waals surface area contributed by atoms with Crippen LogP contribution in [0.15, 0.2) is 30.3 Å². The molecule has 0 aromatic heterocycles. The van der Waals surface area contributed by atoms with E-state index in [4.69, 9.17) is 5.73 Å². The predicted octanol–water partition coefficient (Wildman–Crippen LogP) is 3.25. The maximum Gasteiger partial charge on any atom is 0.249 e. The molecule has 0 fully saturated rings. The van der Waals surface area contributed by atoms with Crippen LogP contribution in [0.5, 0.6) is 0 Å². The molecule has 0 radical (unpaired) electrons. The van der Waals surface area contributed by atoms with Crippen LogP contribution in [0.1, 0.15) is 27.0 Å². The zero-order chi connectivity index (χ0) is 18.1. The fourth-order valence-electron chi connectivity index (χ4n) is 4.84. The van der Waals surface area contributed by atoms with Crippen LogP contribution in [-0.2, 0) is 6.42 Å². The number of hydrogen-bond acceptors (Lipinski definition) is 1. The van der Waals surface area contributed by atoms with Crippen LogP contribution in [0.3, 0.4) is 0 Å². The normalized spacial score (nSPS) is 18.4. The van der Waals surface area contributed by atoms with Gasteiger partial charge in [0.25, 0.3) is 0 Å². The molecule has 1 heterocycles. The van der Waals surface area contributed by atoms with Gasteiger partial charge in [-0.25, -0.2) is 0 Å². The van der Waals surface area contributed by atoms with Crippen molar-refractivity contribution in [2.75, 3.05) is 0 Å². The second kappa shape index (κ2) is 5.05. The number of carbonyl (C=O) groups excluding carboxylic acids is 1. The van der Waals surface area contributed by atoms with E-state index in [9.17, 15) is 4.79 Å². The highest BCUT2D eigenvalue weighted by Gasteiger charge is 2.52. The van der Waals surface area contributed by atoms with Crippen LogP contribution in [-0.4, -0.2) is 21.1 Å². The van der Waals surface area contributed by atoms with Crippen molar-refractivity contribution in [1.29, 1.82) is 0 Å². The Morgan fingerprint density at radius 2 is 1.84 bits per heavy atom. The smallest absolute Gasteiger partial charge is 0.249 e. The minimum absolute atomic E-state index is 0.298. The lowest BCUT2D eigenvalue weighted by Gasteiger charge is -2.33. The molecule has 2 bridgehead atoms. The summed E-state index contributed by atoms with van der Waals surface area (Å²) >= 11 is 0. The molecular formula is C21H25NOSi2. The molecule has 128 valence electrons. The third-order valence-electron chi connectivity index (χ3n) is 6.80. The lowest BCUT2D eigenvalue weighted by atomic mass is 9.92. The summed E-state index contributed by atoms with van der Waals surface area (Å²) < 4.78 is 0. The van der Waals surface area contributed by atoms with Gasteiger partial charge in [-0.05, 0) is 41.7 Å². The van der Waals surface area contributed by atoms with Crippen molar-refractivity contribution in [3.8, 4) is 11.1 Å². The van der Waals surface area contributed by atoms with Crippen molar-refractivity contribution in [1.82, 2.24) is 0 Å². The predicted molar refractivity (Wildman–Crippen MR) is 112 cm³/mol. The van der Waals surface area contributed by atoms with Crippen molar-refractivity contribution in [2.45, 2.75) is 39.5 Å². The van der Waals surface area contributed by atoms with Crippen molar-refractivity contribution in [3.63, 3.8) is 0 Å². The largest absolute Gasteiger partial charge is 0.366 e. The standard InChI is InChI=1S/C21H25NOSi2/c1-13-18-12-17(21(22)23)19(20(13)25(4,5)24(18,2)3)16-11-7-9-14-8-6-10-15(14)16/h6-7,9-12H,8H2,1-5H3,(H2,22,23). The summed E-state index contributed by atoms with van der Waals surface area (Å²) in [5.41, 5.74) is 12.9. The van der Waals surface area contributed by atoms with Crippen LogP contribution in [0, 0.1) is 6.92 Å². The van der Waals surface area contributed by atoms with E-state index in [0.717, 1.165) is 17.5 Å². The maximum atomic E-state index is 12.4. The first-order valence-electron chi connectivity index (χ1n) is 8.95. The van der Waals surface area contributed by atoms with E-state index < -0.39 is 15.2 Å². The van der Waals surface area contributed by atoms with Crippen LogP contribution < -0.4 is 16.1 Å². The molecule has 4 rings (SSSR count). The van der Waals surface area contributed by atoms with Crippen LogP contribution in [0.2, 0.25) is 26.2 Å². The highest BCUT2D eigenvalue weighted by atomic mass is 29.3. The van der Waals surface area contributed by atoms with Gasteiger partial charge in [0.05, 0.1) is 15.2 Å². The Bertz CT molecular complexity index is 970. The molecule has 2 N–H and O–H groups in total. The van der Waals surface area contributed by atoms with Crippen LogP contribution >= 0.6 is 0 Å². The molecule has 2 nitrogen and oxygen atoms in total. The average molecular weight is 364 g/mol. The maximum absolute atomic E-state index is 12.4. The van der Waals surface area contributed by atoms with Gasteiger partial charge in [0, 0.05) is 5.56 Å².